The van der Waals surface area contributed by atoms with Crippen molar-refractivity contribution in [3.8, 4) is 0 Å². The highest BCUT2D eigenvalue weighted by molar-refractivity contribution is 5.55. The van der Waals surface area contributed by atoms with E-state index in [1.807, 2.05) is 12.1 Å². The van der Waals surface area contributed by atoms with Crippen LogP contribution in [0.4, 0.5) is 17.5 Å². The first-order chi connectivity index (χ1) is 10.3. The lowest BCUT2D eigenvalue weighted by atomic mass is 10.2. The van der Waals surface area contributed by atoms with E-state index in [1.165, 1.54) is 31.2 Å². The molecule has 0 unspecified atom stereocenters. The van der Waals surface area contributed by atoms with Gasteiger partial charge in [-0.2, -0.15) is 10.1 Å². The van der Waals surface area contributed by atoms with Crippen molar-refractivity contribution in [1.82, 2.24) is 15.2 Å². The lowest BCUT2D eigenvalue weighted by molar-refractivity contribution is 0.726. The Morgan fingerprint density at radius 2 is 1.90 bits per heavy atom. The lowest BCUT2D eigenvalue weighted by Crippen LogP contribution is -2.25. The molecule has 0 amide bonds. The maximum atomic E-state index is 4.60. The summed E-state index contributed by atoms with van der Waals surface area (Å²) in [5.74, 6) is 1.48. The van der Waals surface area contributed by atoms with Crippen molar-refractivity contribution in [3.63, 3.8) is 0 Å². The summed E-state index contributed by atoms with van der Waals surface area (Å²) < 4.78 is 0. The van der Waals surface area contributed by atoms with Gasteiger partial charge < -0.3 is 10.2 Å². The van der Waals surface area contributed by atoms with Crippen LogP contribution in [0.2, 0.25) is 0 Å². The first-order valence-electron chi connectivity index (χ1n) is 7.60. The van der Waals surface area contributed by atoms with Crippen LogP contribution in [0.3, 0.4) is 0 Å². The van der Waals surface area contributed by atoms with Crippen molar-refractivity contribution in [2.45, 2.75) is 32.6 Å². The molecule has 1 aliphatic rings. The SMILES string of the molecule is Cc1cccc(Nc2nncc(N3CCCCCC3)n2)c1. The standard InChI is InChI=1S/C16H21N5/c1-13-7-6-8-14(11-13)18-16-19-15(12-17-20-16)21-9-4-2-3-5-10-21/h6-8,11-12H,2-5,9-10H2,1H3,(H,18,19,20). The second kappa shape index (κ2) is 6.52. The molecule has 1 aromatic carbocycles. The van der Waals surface area contributed by atoms with Crippen molar-refractivity contribution >= 4 is 17.5 Å². The zero-order chi connectivity index (χ0) is 14.5. The summed E-state index contributed by atoms with van der Waals surface area (Å²) in [4.78, 5) is 6.91. The van der Waals surface area contributed by atoms with Gasteiger partial charge in [-0.1, -0.05) is 25.0 Å². The summed E-state index contributed by atoms with van der Waals surface area (Å²) in [6.45, 7) is 4.18. The molecule has 5 nitrogen and oxygen atoms in total. The van der Waals surface area contributed by atoms with Gasteiger partial charge in [-0.3, -0.25) is 0 Å². The fraction of sp³-hybridized carbons (Fsp3) is 0.438. The van der Waals surface area contributed by atoms with E-state index in [0.29, 0.717) is 5.95 Å². The molecule has 21 heavy (non-hydrogen) atoms. The number of aromatic nitrogens is 3. The minimum atomic E-state index is 0.558. The molecule has 0 spiro atoms. The number of benzene rings is 1. The molecule has 0 atom stereocenters. The number of hydrogen-bond acceptors (Lipinski definition) is 5. The van der Waals surface area contributed by atoms with Crippen molar-refractivity contribution in [1.29, 1.82) is 0 Å². The van der Waals surface area contributed by atoms with E-state index in [-0.39, 0.29) is 0 Å². The topological polar surface area (TPSA) is 53.9 Å². The van der Waals surface area contributed by atoms with E-state index in [0.717, 1.165) is 24.6 Å². The van der Waals surface area contributed by atoms with Gasteiger partial charge in [-0.25, -0.2) is 0 Å². The molecule has 0 saturated carbocycles. The van der Waals surface area contributed by atoms with Crippen LogP contribution < -0.4 is 10.2 Å². The Labute approximate surface area is 125 Å². The van der Waals surface area contributed by atoms with E-state index in [9.17, 15) is 0 Å². The Hall–Kier alpha value is -2.17. The van der Waals surface area contributed by atoms with Gasteiger partial charge in [-0.05, 0) is 37.5 Å². The first-order valence-corrected chi connectivity index (χ1v) is 7.60. The van der Waals surface area contributed by atoms with Gasteiger partial charge in [0, 0.05) is 18.8 Å². The van der Waals surface area contributed by atoms with Crippen LogP contribution >= 0.6 is 0 Å². The summed E-state index contributed by atoms with van der Waals surface area (Å²) in [7, 11) is 0. The molecule has 1 aromatic heterocycles. The molecular formula is C16H21N5. The average molecular weight is 283 g/mol. The van der Waals surface area contributed by atoms with Gasteiger partial charge in [0.1, 0.15) is 0 Å². The molecule has 2 aromatic rings. The Kier molecular flexibility index (Phi) is 4.28. The van der Waals surface area contributed by atoms with Crippen LogP contribution in [0.1, 0.15) is 31.2 Å². The number of aryl methyl sites for hydroxylation is 1. The predicted octanol–water partition coefficient (Wildman–Crippen LogP) is 3.30. The Balaban J connectivity index is 1.76. The summed E-state index contributed by atoms with van der Waals surface area (Å²) in [5.41, 5.74) is 2.20. The third-order valence-electron chi connectivity index (χ3n) is 3.75. The van der Waals surface area contributed by atoms with Gasteiger partial charge in [0.05, 0.1) is 6.20 Å². The first kappa shape index (κ1) is 13.8. The summed E-state index contributed by atoms with van der Waals surface area (Å²) in [5, 5.41) is 11.4. The minimum absolute atomic E-state index is 0.558. The molecule has 0 aliphatic carbocycles. The quantitative estimate of drug-likeness (QED) is 0.936. The molecule has 110 valence electrons. The van der Waals surface area contributed by atoms with Crippen molar-refractivity contribution < 1.29 is 0 Å². The highest BCUT2D eigenvalue weighted by Crippen LogP contribution is 2.19. The van der Waals surface area contributed by atoms with Crippen molar-refractivity contribution in [2.75, 3.05) is 23.3 Å². The van der Waals surface area contributed by atoms with Crippen LogP contribution in [0, 0.1) is 6.92 Å². The van der Waals surface area contributed by atoms with E-state index < -0.39 is 0 Å². The highest BCUT2D eigenvalue weighted by Gasteiger charge is 2.12. The van der Waals surface area contributed by atoms with Crippen LogP contribution in [-0.2, 0) is 0 Å². The maximum Gasteiger partial charge on any atom is 0.249 e. The number of anilines is 3. The summed E-state index contributed by atoms with van der Waals surface area (Å²) in [6, 6.07) is 8.17. The average Bonchev–Trinajstić information content (AvgIpc) is 2.77. The van der Waals surface area contributed by atoms with Crippen LogP contribution in [0.25, 0.3) is 0 Å². The normalized spacial score (nSPS) is 15.6. The van der Waals surface area contributed by atoms with Gasteiger partial charge in [-0.15, -0.1) is 5.10 Å². The number of rotatable bonds is 3. The fourth-order valence-electron chi connectivity index (χ4n) is 2.65. The van der Waals surface area contributed by atoms with Crippen molar-refractivity contribution in [3.05, 3.63) is 36.0 Å². The zero-order valence-electron chi connectivity index (χ0n) is 12.4. The second-order valence-electron chi connectivity index (χ2n) is 5.53. The number of nitrogens with one attached hydrogen (secondary N) is 1. The molecule has 0 bridgehead atoms. The fourth-order valence-corrected chi connectivity index (χ4v) is 2.65. The summed E-state index contributed by atoms with van der Waals surface area (Å²) >= 11 is 0. The minimum Gasteiger partial charge on any atom is -0.355 e. The molecule has 5 heteroatoms. The smallest absolute Gasteiger partial charge is 0.249 e. The Morgan fingerprint density at radius 3 is 2.67 bits per heavy atom. The van der Waals surface area contributed by atoms with Crippen LogP contribution in [-0.4, -0.2) is 28.3 Å². The molecule has 0 radical (unpaired) electrons. The number of nitrogens with zero attached hydrogens (tertiary/aromatic N) is 4. The summed E-state index contributed by atoms with van der Waals surface area (Å²) in [6.07, 6.45) is 6.83. The largest absolute Gasteiger partial charge is 0.355 e. The maximum absolute atomic E-state index is 4.60. The number of hydrogen-bond donors (Lipinski definition) is 1. The molecule has 1 N–H and O–H groups in total. The van der Waals surface area contributed by atoms with E-state index in [4.69, 9.17) is 0 Å². The van der Waals surface area contributed by atoms with Gasteiger partial charge >= 0.3 is 0 Å². The van der Waals surface area contributed by atoms with E-state index in [2.05, 4.69) is 44.5 Å². The molecule has 1 fully saturated rings. The molecule has 3 rings (SSSR count). The molecule has 1 aliphatic heterocycles. The third kappa shape index (κ3) is 3.68. The Morgan fingerprint density at radius 1 is 1.10 bits per heavy atom. The van der Waals surface area contributed by atoms with Crippen LogP contribution in [0.5, 0.6) is 0 Å². The van der Waals surface area contributed by atoms with E-state index in [1.54, 1.807) is 6.20 Å². The third-order valence-corrected chi connectivity index (χ3v) is 3.75. The predicted molar refractivity (Wildman–Crippen MR) is 85.0 cm³/mol. The molecule has 2 heterocycles. The lowest BCUT2D eigenvalue weighted by Gasteiger charge is -2.20. The van der Waals surface area contributed by atoms with E-state index >= 15 is 0 Å². The zero-order valence-corrected chi connectivity index (χ0v) is 12.4. The monoisotopic (exact) mass is 283 g/mol. The van der Waals surface area contributed by atoms with Gasteiger partial charge in [0.15, 0.2) is 5.82 Å². The van der Waals surface area contributed by atoms with Crippen LogP contribution in [0.15, 0.2) is 30.5 Å². The van der Waals surface area contributed by atoms with Gasteiger partial charge in [0.2, 0.25) is 5.95 Å². The molecule has 1 saturated heterocycles. The van der Waals surface area contributed by atoms with Gasteiger partial charge in [0.25, 0.3) is 0 Å². The van der Waals surface area contributed by atoms with Crippen molar-refractivity contribution in [2.24, 2.45) is 0 Å². The second-order valence-corrected chi connectivity index (χ2v) is 5.53. The highest BCUT2D eigenvalue weighted by atomic mass is 15.3. The Bertz CT molecular complexity index is 591. The molecular weight excluding hydrogens is 262 g/mol.